The van der Waals surface area contributed by atoms with Crippen LogP contribution in [0.15, 0.2) is 12.1 Å². The lowest BCUT2D eigenvalue weighted by atomic mass is 10.0. The number of nitrogens with zero attached hydrogens (tertiary/aromatic N) is 1. The van der Waals surface area contributed by atoms with E-state index in [9.17, 15) is 4.79 Å². The molecule has 0 spiro atoms. The van der Waals surface area contributed by atoms with Gasteiger partial charge in [0.05, 0.1) is 4.34 Å². The van der Waals surface area contributed by atoms with Crippen LogP contribution in [0, 0.1) is 5.92 Å². The summed E-state index contributed by atoms with van der Waals surface area (Å²) in [5.74, 6) is 1.11. The zero-order valence-electron chi connectivity index (χ0n) is 13.7. The number of hydrogen-bond donors (Lipinski definition) is 1. The van der Waals surface area contributed by atoms with E-state index < -0.39 is 0 Å². The second kappa shape index (κ2) is 8.50. The first-order valence-corrected chi connectivity index (χ1v) is 10.1. The molecule has 3 nitrogen and oxygen atoms in total. The molecule has 0 atom stereocenters. The van der Waals surface area contributed by atoms with Gasteiger partial charge in [-0.25, -0.2) is 0 Å². The normalized spacial score (nSPS) is 20.9. The van der Waals surface area contributed by atoms with Crippen molar-refractivity contribution in [1.29, 1.82) is 0 Å². The van der Waals surface area contributed by atoms with Gasteiger partial charge in [-0.15, -0.1) is 11.3 Å². The maximum absolute atomic E-state index is 12.1. The maximum Gasteiger partial charge on any atom is 0.220 e. The fourth-order valence-electron chi connectivity index (χ4n) is 3.84. The molecule has 1 N–H and O–H groups in total. The van der Waals surface area contributed by atoms with E-state index in [4.69, 9.17) is 11.6 Å². The van der Waals surface area contributed by atoms with Crippen molar-refractivity contribution in [2.45, 2.75) is 57.4 Å². The Morgan fingerprint density at radius 1 is 1.22 bits per heavy atom. The quantitative estimate of drug-likeness (QED) is 0.833. The largest absolute Gasteiger partial charge is 0.353 e. The first kappa shape index (κ1) is 17.2. The SMILES string of the molecule is O=C(CCc1ccc(Cl)s1)NC1CCN(CC2CCCC2)CC1. The number of nitrogens with one attached hydrogen (secondary N) is 1. The third-order valence-electron chi connectivity index (χ3n) is 5.17. The van der Waals surface area contributed by atoms with Crippen LogP contribution in [0.25, 0.3) is 0 Å². The van der Waals surface area contributed by atoms with Gasteiger partial charge in [0.15, 0.2) is 0 Å². The highest BCUT2D eigenvalue weighted by Crippen LogP contribution is 2.26. The Morgan fingerprint density at radius 3 is 2.61 bits per heavy atom. The Kier molecular flexibility index (Phi) is 6.37. The van der Waals surface area contributed by atoms with Gasteiger partial charge in [-0.05, 0) is 50.2 Å². The molecule has 2 aliphatic rings. The molecule has 1 aliphatic heterocycles. The number of amides is 1. The van der Waals surface area contributed by atoms with E-state index in [2.05, 4.69) is 10.2 Å². The lowest BCUT2D eigenvalue weighted by molar-refractivity contribution is -0.122. The molecular weight excluding hydrogens is 328 g/mol. The Hall–Kier alpha value is -0.580. The average Bonchev–Trinajstić information content (AvgIpc) is 3.19. The molecule has 2 fully saturated rings. The molecule has 23 heavy (non-hydrogen) atoms. The number of carbonyl (C=O) groups excluding carboxylic acids is 1. The molecule has 128 valence electrons. The number of aryl methyl sites for hydroxylation is 1. The van der Waals surface area contributed by atoms with Crippen molar-refractivity contribution in [2.24, 2.45) is 5.92 Å². The van der Waals surface area contributed by atoms with Gasteiger partial charge in [0, 0.05) is 37.0 Å². The van der Waals surface area contributed by atoms with Crippen LogP contribution in [0.3, 0.4) is 0 Å². The molecule has 1 saturated carbocycles. The Balaban J connectivity index is 1.32. The third kappa shape index (κ3) is 5.47. The van der Waals surface area contributed by atoms with E-state index in [-0.39, 0.29) is 5.91 Å². The summed E-state index contributed by atoms with van der Waals surface area (Å²) in [6.45, 7) is 3.56. The second-order valence-electron chi connectivity index (χ2n) is 7.00. The molecular formula is C18H27ClN2OS. The predicted octanol–water partition coefficient (Wildman–Crippen LogP) is 4.10. The Labute approximate surface area is 148 Å². The molecule has 1 aromatic rings. The van der Waals surface area contributed by atoms with Crippen LogP contribution < -0.4 is 5.32 Å². The summed E-state index contributed by atoms with van der Waals surface area (Å²) in [7, 11) is 0. The molecule has 0 radical (unpaired) electrons. The molecule has 1 amide bonds. The summed E-state index contributed by atoms with van der Waals surface area (Å²) < 4.78 is 0.801. The highest BCUT2D eigenvalue weighted by Gasteiger charge is 2.24. The number of likely N-dealkylation sites (tertiary alicyclic amines) is 1. The number of rotatable bonds is 6. The Bertz CT molecular complexity index is 505. The number of thiophene rings is 1. The third-order valence-corrected chi connectivity index (χ3v) is 6.46. The maximum atomic E-state index is 12.1. The summed E-state index contributed by atoms with van der Waals surface area (Å²) in [6.07, 6.45) is 9.25. The van der Waals surface area contributed by atoms with Crippen molar-refractivity contribution in [3.05, 3.63) is 21.3 Å². The average molecular weight is 355 g/mol. The van der Waals surface area contributed by atoms with E-state index in [0.717, 1.165) is 42.6 Å². The summed E-state index contributed by atoms with van der Waals surface area (Å²) in [5.41, 5.74) is 0. The molecule has 0 aromatic carbocycles. The van der Waals surface area contributed by atoms with Crippen LogP contribution >= 0.6 is 22.9 Å². The summed E-state index contributed by atoms with van der Waals surface area (Å²) in [5, 5.41) is 3.22. The van der Waals surface area contributed by atoms with Crippen molar-refractivity contribution in [3.63, 3.8) is 0 Å². The summed E-state index contributed by atoms with van der Waals surface area (Å²) in [4.78, 5) is 15.9. The predicted molar refractivity (Wildman–Crippen MR) is 97.2 cm³/mol. The Morgan fingerprint density at radius 2 is 1.96 bits per heavy atom. The van der Waals surface area contributed by atoms with Crippen molar-refractivity contribution in [2.75, 3.05) is 19.6 Å². The fraction of sp³-hybridized carbons (Fsp3) is 0.722. The number of hydrogen-bond acceptors (Lipinski definition) is 3. The van der Waals surface area contributed by atoms with E-state index in [1.165, 1.54) is 37.1 Å². The zero-order chi connectivity index (χ0) is 16.1. The molecule has 1 aliphatic carbocycles. The van der Waals surface area contributed by atoms with Gasteiger partial charge in [0.2, 0.25) is 5.91 Å². The minimum atomic E-state index is 0.184. The summed E-state index contributed by atoms with van der Waals surface area (Å²) in [6, 6.07) is 4.29. The van der Waals surface area contributed by atoms with Gasteiger partial charge in [0.1, 0.15) is 0 Å². The fourth-order valence-corrected chi connectivity index (χ4v) is 4.93. The van der Waals surface area contributed by atoms with Crippen molar-refractivity contribution in [3.8, 4) is 0 Å². The lowest BCUT2D eigenvalue weighted by Crippen LogP contribution is -2.45. The zero-order valence-corrected chi connectivity index (χ0v) is 15.3. The van der Waals surface area contributed by atoms with E-state index in [1.54, 1.807) is 11.3 Å². The monoisotopic (exact) mass is 354 g/mol. The van der Waals surface area contributed by atoms with E-state index >= 15 is 0 Å². The first-order chi connectivity index (χ1) is 11.2. The molecule has 0 unspecified atom stereocenters. The summed E-state index contributed by atoms with van der Waals surface area (Å²) >= 11 is 7.49. The van der Waals surface area contributed by atoms with Crippen LogP contribution in [-0.2, 0) is 11.2 Å². The first-order valence-electron chi connectivity index (χ1n) is 8.95. The van der Waals surface area contributed by atoms with Gasteiger partial charge in [-0.2, -0.15) is 0 Å². The van der Waals surface area contributed by atoms with Gasteiger partial charge in [-0.1, -0.05) is 24.4 Å². The minimum Gasteiger partial charge on any atom is -0.353 e. The highest BCUT2D eigenvalue weighted by atomic mass is 35.5. The van der Waals surface area contributed by atoms with E-state index in [1.807, 2.05) is 12.1 Å². The molecule has 1 aromatic heterocycles. The van der Waals surface area contributed by atoms with Crippen LogP contribution in [0.1, 0.15) is 49.8 Å². The molecule has 5 heteroatoms. The van der Waals surface area contributed by atoms with Gasteiger partial charge >= 0.3 is 0 Å². The minimum absolute atomic E-state index is 0.184. The molecule has 3 rings (SSSR count). The van der Waals surface area contributed by atoms with E-state index in [0.29, 0.717) is 12.5 Å². The molecule has 0 bridgehead atoms. The second-order valence-corrected chi connectivity index (χ2v) is 8.80. The number of carbonyl (C=O) groups is 1. The molecule has 1 saturated heterocycles. The number of halogens is 1. The number of piperidine rings is 1. The van der Waals surface area contributed by atoms with Crippen LogP contribution in [0.4, 0.5) is 0 Å². The molecule has 2 heterocycles. The lowest BCUT2D eigenvalue weighted by Gasteiger charge is -2.33. The van der Waals surface area contributed by atoms with Crippen LogP contribution in [-0.4, -0.2) is 36.5 Å². The highest BCUT2D eigenvalue weighted by molar-refractivity contribution is 7.16. The van der Waals surface area contributed by atoms with Gasteiger partial charge in [0.25, 0.3) is 0 Å². The topological polar surface area (TPSA) is 32.3 Å². The smallest absolute Gasteiger partial charge is 0.220 e. The standard InChI is InChI=1S/C18H27ClN2OS/c19-17-7-5-16(23-17)6-8-18(22)20-15-9-11-21(12-10-15)13-14-3-1-2-4-14/h5,7,14-15H,1-4,6,8-13H2,(H,20,22). The van der Waals surface area contributed by atoms with Crippen LogP contribution in [0.5, 0.6) is 0 Å². The van der Waals surface area contributed by atoms with Crippen molar-refractivity contribution >= 4 is 28.8 Å². The van der Waals surface area contributed by atoms with Gasteiger partial charge in [-0.3, -0.25) is 4.79 Å². The van der Waals surface area contributed by atoms with Gasteiger partial charge < -0.3 is 10.2 Å². The van der Waals surface area contributed by atoms with Crippen molar-refractivity contribution in [1.82, 2.24) is 10.2 Å². The van der Waals surface area contributed by atoms with Crippen molar-refractivity contribution < 1.29 is 4.79 Å². The van der Waals surface area contributed by atoms with Crippen LogP contribution in [0.2, 0.25) is 4.34 Å².